The number of nitrogens with one attached hydrogen (secondary N) is 1. The van der Waals surface area contributed by atoms with E-state index >= 15 is 0 Å². The molecule has 0 saturated carbocycles. The Kier molecular flexibility index (Phi) is 5.12. The van der Waals surface area contributed by atoms with Gasteiger partial charge in [0.15, 0.2) is 0 Å². The Labute approximate surface area is 119 Å². The maximum atomic E-state index is 13.7. The average molecular weight is 304 g/mol. The maximum Gasteiger partial charge on any atom is 0.245 e. The van der Waals surface area contributed by atoms with Crippen LogP contribution in [0.4, 0.5) is 10.1 Å². The number of benzene rings is 1. The van der Waals surface area contributed by atoms with Gasteiger partial charge in [-0.1, -0.05) is 26.8 Å². The van der Waals surface area contributed by atoms with Gasteiger partial charge in [0.25, 0.3) is 0 Å². The maximum absolute atomic E-state index is 13.7. The lowest BCUT2D eigenvalue weighted by atomic mass is 9.86. The summed E-state index contributed by atoms with van der Waals surface area (Å²) in [6.07, 6.45) is 0.233. The van der Waals surface area contributed by atoms with Gasteiger partial charge in [-0.25, -0.2) is 17.5 Å². The molecule has 5 nitrogen and oxygen atoms in total. The van der Waals surface area contributed by atoms with Crippen molar-refractivity contribution >= 4 is 15.7 Å². The number of nitrogen functional groups attached to an aromatic ring is 1. The second kappa shape index (κ2) is 6.07. The van der Waals surface area contributed by atoms with Crippen molar-refractivity contribution in [2.24, 2.45) is 5.41 Å². The van der Waals surface area contributed by atoms with Gasteiger partial charge in [0, 0.05) is 12.6 Å². The van der Waals surface area contributed by atoms with Crippen LogP contribution in [0.5, 0.6) is 0 Å². The van der Waals surface area contributed by atoms with Crippen molar-refractivity contribution < 1.29 is 17.9 Å². The van der Waals surface area contributed by atoms with Crippen LogP contribution in [-0.2, 0) is 10.0 Å². The molecular weight excluding hydrogens is 283 g/mol. The minimum absolute atomic E-state index is 0.144. The van der Waals surface area contributed by atoms with Crippen LogP contribution in [0.3, 0.4) is 0 Å². The minimum atomic E-state index is -4.09. The van der Waals surface area contributed by atoms with Crippen molar-refractivity contribution in [3.63, 3.8) is 0 Å². The predicted octanol–water partition coefficient (Wildman–Crippen LogP) is 1.48. The third kappa shape index (κ3) is 3.91. The van der Waals surface area contributed by atoms with E-state index in [9.17, 15) is 12.8 Å². The van der Waals surface area contributed by atoms with Crippen LogP contribution in [0.1, 0.15) is 27.2 Å². The molecule has 1 unspecified atom stereocenters. The molecule has 114 valence electrons. The largest absolute Gasteiger partial charge is 0.398 e. The van der Waals surface area contributed by atoms with Gasteiger partial charge in [-0.05, 0) is 24.0 Å². The van der Waals surface area contributed by atoms with Crippen LogP contribution in [0.15, 0.2) is 23.1 Å². The summed E-state index contributed by atoms with van der Waals surface area (Å²) in [5.74, 6) is -0.894. The van der Waals surface area contributed by atoms with E-state index in [2.05, 4.69) is 4.72 Å². The molecule has 20 heavy (non-hydrogen) atoms. The van der Waals surface area contributed by atoms with Gasteiger partial charge >= 0.3 is 0 Å². The Morgan fingerprint density at radius 3 is 2.45 bits per heavy atom. The second-order valence-corrected chi connectivity index (χ2v) is 7.36. The molecule has 1 rings (SSSR count). The Hall–Kier alpha value is -1.18. The lowest BCUT2D eigenvalue weighted by Crippen LogP contribution is -2.44. The fourth-order valence-electron chi connectivity index (χ4n) is 1.85. The van der Waals surface area contributed by atoms with E-state index in [1.54, 1.807) is 0 Å². The first-order valence-electron chi connectivity index (χ1n) is 6.27. The first kappa shape index (κ1) is 16.9. The number of hydrogen-bond acceptors (Lipinski definition) is 4. The zero-order valence-corrected chi connectivity index (χ0v) is 12.7. The molecular formula is C13H21FN2O3S. The summed E-state index contributed by atoms with van der Waals surface area (Å²) in [4.78, 5) is -0.549. The summed E-state index contributed by atoms with van der Waals surface area (Å²) in [5, 5.41) is 9.04. The molecule has 0 aromatic heterocycles. The van der Waals surface area contributed by atoms with Gasteiger partial charge < -0.3 is 10.8 Å². The molecule has 0 fully saturated rings. The number of aliphatic hydroxyl groups is 1. The Morgan fingerprint density at radius 2 is 2.00 bits per heavy atom. The minimum Gasteiger partial charge on any atom is -0.398 e. The first-order valence-corrected chi connectivity index (χ1v) is 7.75. The van der Waals surface area contributed by atoms with Gasteiger partial charge in [0.1, 0.15) is 10.7 Å². The zero-order valence-electron chi connectivity index (χ0n) is 11.9. The second-order valence-electron chi connectivity index (χ2n) is 5.71. The van der Waals surface area contributed by atoms with E-state index in [0.29, 0.717) is 0 Å². The quantitative estimate of drug-likeness (QED) is 0.718. The van der Waals surface area contributed by atoms with E-state index in [4.69, 9.17) is 10.8 Å². The lowest BCUT2D eigenvalue weighted by Gasteiger charge is -2.31. The average Bonchev–Trinajstić information content (AvgIpc) is 2.26. The third-order valence-corrected chi connectivity index (χ3v) is 4.59. The molecule has 0 spiro atoms. The molecule has 0 aliphatic carbocycles. The number of aliphatic hydroxyl groups excluding tert-OH is 1. The predicted molar refractivity (Wildman–Crippen MR) is 76.1 cm³/mol. The van der Waals surface area contributed by atoms with Gasteiger partial charge in [-0.3, -0.25) is 0 Å². The first-order chi connectivity index (χ1) is 9.09. The number of anilines is 1. The van der Waals surface area contributed by atoms with Crippen LogP contribution in [-0.4, -0.2) is 26.2 Å². The van der Waals surface area contributed by atoms with Gasteiger partial charge in [-0.15, -0.1) is 0 Å². The fraction of sp³-hybridized carbons (Fsp3) is 0.538. The highest BCUT2D eigenvalue weighted by Gasteiger charge is 2.31. The zero-order chi connectivity index (χ0) is 15.6. The normalized spacial score (nSPS) is 14.2. The van der Waals surface area contributed by atoms with Gasteiger partial charge in [0.05, 0.1) is 5.69 Å². The molecule has 0 aliphatic heterocycles. The third-order valence-electron chi connectivity index (χ3n) is 3.03. The number of halogens is 1. The Morgan fingerprint density at radius 1 is 1.40 bits per heavy atom. The van der Waals surface area contributed by atoms with Crippen molar-refractivity contribution in [3.8, 4) is 0 Å². The number of sulfonamides is 1. The molecule has 0 radical (unpaired) electrons. The summed E-state index contributed by atoms with van der Waals surface area (Å²) in [6.45, 7) is 5.33. The molecule has 4 N–H and O–H groups in total. The molecule has 0 saturated heterocycles. The summed E-state index contributed by atoms with van der Waals surface area (Å²) in [7, 11) is -4.09. The van der Waals surface area contributed by atoms with E-state index in [-0.39, 0.29) is 18.7 Å². The summed E-state index contributed by atoms with van der Waals surface area (Å²) in [5.41, 5.74) is 4.99. The number of rotatable bonds is 5. The van der Waals surface area contributed by atoms with Gasteiger partial charge in [0.2, 0.25) is 10.0 Å². The van der Waals surface area contributed by atoms with Crippen LogP contribution in [0.2, 0.25) is 0 Å². The molecule has 0 aliphatic rings. The highest BCUT2D eigenvalue weighted by Crippen LogP contribution is 2.26. The van der Waals surface area contributed by atoms with Crippen molar-refractivity contribution in [2.45, 2.75) is 38.1 Å². The van der Waals surface area contributed by atoms with E-state index in [1.165, 1.54) is 12.1 Å². The van der Waals surface area contributed by atoms with E-state index < -0.39 is 32.2 Å². The fourth-order valence-corrected chi connectivity index (χ4v) is 3.52. The topological polar surface area (TPSA) is 92.4 Å². The lowest BCUT2D eigenvalue weighted by molar-refractivity contribution is 0.214. The van der Waals surface area contributed by atoms with Crippen molar-refractivity contribution in [3.05, 3.63) is 24.0 Å². The smallest absolute Gasteiger partial charge is 0.245 e. The van der Waals surface area contributed by atoms with Crippen molar-refractivity contribution in [1.82, 2.24) is 4.72 Å². The standard InChI is InChI=1S/C13H21FN2O3S/c1-13(2,3)11(7-8-17)16-20(18,19)12-9(14)5-4-6-10(12)15/h4-6,11,16-17H,7-8,15H2,1-3H3. The molecule has 1 atom stereocenters. The summed E-state index contributed by atoms with van der Waals surface area (Å²) < 4.78 is 40.7. The molecule has 1 aromatic carbocycles. The molecule has 0 bridgehead atoms. The van der Waals surface area contributed by atoms with Crippen molar-refractivity contribution in [1.29, 1.82) is 0 Å². The van der Waals surface area contributed by atoms with E-state index in [0.717, 1.165) is 6.07 Å². The summed E-state index contributed by atoms with van der Waals surface area (Å²) in [6, 6.07) is 3.19. The van der Waals surface area contributed by atoms with Gasteiger partial charge in [-0.2, -0.15) is 0 Å². The van der Waals surface area contributed by atoms with Crippen LogP contribution < -0.4 is 10.5 Å². The van der Waals surface area contributed by atoms with Crippen LogP contribution in [0, 0.1) is 11.2 Å². The highest BCUT2D eigenvalue weighted by atomic mass is 32.2. The highest BCUT2D eigenvalue weighted by molar-refractivity contribution is 7.89. The van der Waals surface area contributed by atoms with Crippen LogP contribution >= 0.6 is 0 Å². The molecule has 0 amide bonds. The monoisotopic (exact) mass is 304 g/mol. The molecule has 7 heteroatoms. The molecule has 0 heterocycles. The SMILES string of the molecule is CC(C)(C)C(CCO)NS(=O)(=O)c1c(N)cccc1F. The Bertz CT molecular complexity index is 547. The van der Waals surface area contributed by atoms with Crippen LogP contribution in [0.25, 0.3) is 0 Å². The van der Waals surface area contributed by atoms with E-state index in [1.807, 2.05) is 20.8 Å². The van der Waals surface area contributed by atoms with Crippen molar-refractivity contribution in [2.75, 3.05) is 12.3 Å². The molecule has 1 aromatic rings. The Balaban J connectivity index is 3.17. The number of nitrogens with two attached hydrogens (primary N) is 1. The number of hydrogen-bond donors (Lipinski definition) is 3. The summed E-state index contributed by atoms with van der Waals surface area (Å²) >= 11 is 0.